The second kappa shape index (κ2) is 9.09. The fourth-order valence-electron chi connectivity index (χ4n) is 2.64. The van der Waals surface area contributed by atoms with E-state index < -0.39 is 6.04 Å². The largest absolute Gasteiger partial charge is 0.497 e. The van der Waals surface area contributed by atoms with Crippen molar-refractivity contribution in [2.75, 3.05) is 20.8 Å². The fraction of sp³-hybridized carbons (Fsp3) is 0.300. The lowest BCUT2D eigenvalue weighted by atomic mass is 10.1. The zero-order valence-corrected chi connectivity index (χ0v) is 16.1. The third-order valence-corrected chi connectivity index (χ3v) is 4.11. The van der Waals surface area contributed by atoms with E-state index in [4.69, 9.17) is 24.7 Å². The highest BCUT2D eigenvalue weighted by atomic mass is 16.5. The first-order valence-corrected chi connectivity index (χ1v) is 8.89. The molecule has 0 fully saturated rings. The van der Waals surface area contributed by atoms with E-state index in [-0.39, 0.29) is 6.61 Å². The predicted octanol–water partition coefficient (Wildman–Crippen LogP) is 2.85. The molecule has 1 aromatic heterocycles. The lowest BCUT2D eigenvalue weighted by Crippen LogP contribution is -2.14. The summed E-state index contributed by atoms with van der Waals surface area (Å²) < 4.78 is 21.7. The molecule has 1 atom stereocenters. The van der Waals surface area contributed by atoms with Crippen molar-refractivity contribution in [2.24, 2.45) is 5.73 Å². The van der Waals surface area contributed by atoms with Crippen LogP contribution in [0.25, 0.3) is 0 Å². The predicted molar refractivity (Wildman–Crippen MR) is 104 cm³/mol. The minimum Gasteiger partial charge on any atom is -0.497 e. The Labute approximate surface area is 163 Å². The smallest absolute Gasteiger partial charge is 0.172 e. The van der Waals surface area contributed by atoms with E-state index in [1.165, 1.54) is 0 Å². The number of nitrogens with two attached hydrogens (primary N) is 1. The number of hydrogen-bond donors (Lipinski definition) is 2. The molecular weight excluding hydrogens is 360 g/mol. The summed E-state index contributed by atoms with van der Waals surface area (Å²) in [6, 6.07) is 12.3. The van der Waals surface area contributed by atoms with Gasteiger partial charge >= 0.3 is 0 Å². The zero-order chi connectivity index (χ0) is 19.9. The maximum atomic E-state index is 6.33. The van der Waals surface area contributed by atoms with Gasteiger partial charge < -0.3 is 24.7 Å². The minimum atomic E-state index is -0.504. The van der Waals surface area contributed by atoms with Gasteiger partial charge in [-0.3, -0.25) is 5.10 Å². The van der Waals surface area contributed by atoms with Gasteiger partial charge in [0, 0.05) is 0 Å². The SMILES string of the molecule is CCOc1cc([C@H](N)c2n[nH]c(COc3ccc(OC)cc3)n2)ccc1OC. The van der Waals surface area contributed by atoms with Crippen LogP contribution in [0, 0.1) is 0 Å². The Morgan fingerprint density at radius 3 is 2.39 bits per heavy atom. The van der Waals surface area contributed by atoms with Gasteiger partial charge in [0.25, 0.3) is 0 Å². The molecule has 3 aromatic rings. The Hall–Kier alpha value is -3.26. The number of rotatable bonds is 9. The molecule has 28 heavy (non-hydrogen) atoms. The Morgan fingerprint density at radius 1 is 0.964 bits per heavy atom. The van der Waals surface area contributed by atoms with Gasteiger partial charge in [-0.25, -0.2) is 4.98 Å². The summed E-state index contributed by atoms with van der Waals surface area (Å²) in [6.07, 6.45) is 0. The number of benzene rings is 2. The van der Waals surface area contributed by atoms with Crippen molar-refractivity contribution in [1.82, 2.24) is 15.2 Å². The molecule has 0 aliphatic rings. The van der Waals surface area contributed by atoms with E-state index in [2.05, 4.69) is 15.2 Å². The summed E-state index contributed by atoms with van der Waals surface area (Å²) in [5, 5.41) is 7.08. The number of aromatic nitrogens is 3. The number of hydrogen-bond acceptors (Lipinski definition) is 7. The molecule has 8 nitrogen and oxygen atoms in total. The van der Waals surface area contributed by atoms with Crippen molar-refractivity contribution in [2.45, 2.75) is 19.6 Å². The van der Waals surface area contributed by atoms with Gasteiger partial charge in [0.2, 0.25) is 0 Å². The van der Waals surface area contributed by atoms with Crippen molar-refractivity contribution in [3.63, 3.8) is 0 Å². The van der Waals surface area contributed by atoms with Crippen LogP contribution in [0.15, 0.2) is 42.5 Å². The third-order valence-electron chi connectivity index (χ3n) is 4.11. The van der Waals surface area contributed by atoms with Gasteiger partial charge in [-0.15, -0.1) is 0 Å². The molecular formula is C20H24N4O4. The van der Waals surface area contributed by atoms with E-state index >= 15 is 0 Å². The van der Waals surface area contributed by atoms with Crippen molar-refractivity contribution in [3.8, 4) is 23.0 Å². The summed E-state index contributed by atoms with van der Waals surface area (Å²) >= 11 is 0. The first kappa shape index (κ1) is 19.5. The average Bonchev–Trinajstić information content (AvgIpc) is 3.21. The van der Waals surface area contributed by atoms with E-state index in [0.717, 1.165) is 11.3 Å². The molecule has 1 heterocycles. The van der Waals surface area contributed by atoms with Crippen LogP contribution in [0.1, 0.15) is 30.2 Å². The first-order valence-electron chi connectivity index (χ1n) is 8.89. The second-order valence-electron chi connectivity index (χ2n) is 5.93. The van der Waals surface area contributed by atoms with Gasteiger partial charge in [-0.05, 0) is 48.9 Å². The van der Waals surface area contributed by atoms with Crippen LogP contribution in [-0.2, 0) is 6.61 Å². The van der Waals surface area contributed by atoms with Gasteiger partial charge in [0.1, 0.15) is 18.1 Å². The molecule has 148 valence electrons. The minimum absolute atomic E-state index is 0.249. The Morgan fingerprint density at radius 2 is 1.71 bits per heavy atom. The molecule has 0 saturated heterocycles. The van der Waals surface area contributed by atoms with Crippen molar-refractivity contribution < 1.29 is 18.9 Å². The quantitative estimate of drug-likeness (QED) is 0.584. The Kier molecular flexibility index (Phi) is 6.33. The molecule has 0 aliphatic carbocycles. The average molecular weight is 384 g/mol. The highest BCUT2D eigenvalue weighted by Gasteiger charge is 2.17. The summed E-state index contributed by atoms with van der Waals surface area (Å²) in [7, 11) is 3.22. The standard InChI is InChI=1S/C20H24N4O4/c1-4-27-17-11-13(5-10-16(17)26-3)19(21)20-22-18(23-24-20)12-28-15-8-6-14(25-2)7-9-15/h5-11,19H,4,12,21H2,1-3H3,(H,22,23,24)/t19-/m0/s1. The first-order chi connectivity index (χ1) is 13.6. The van der Waals surface area contributed by atoms with E-state index in [1.807, 2.05) is 49.4 Å². The molecule has 0 saturated carbocycles. The van der Waals surface area contributed by atoms with Gasteiger partial charge in [0.05, 0.1) is 26.9 Å². The normalized spacial score (nSPS) is 11.7. The van der Waals surface area contributed by atoms with Crippen LogP contribution in [0.5, 0.6) is 23.0 Å². The van der Waals surface area contributed by atoms with Crippen LogP contribution < -0.4 is 24.7 Å². The van der Waals surface area contributed by atoms with E-state index in [0.29, 0.717) is 35.5 Å². The maximum absolute atomic E-state index is 6.33. The lowest BCUT2D eigenvalue weighted by molar-refractivity contribution is 0.295. The van der Waals surface area contributed by atoms with Crippen molar-refractivity contribution in [1.29, 1.82) is 0 Å². The van der Waals surface area contributed by atoms with Gasteiger partial charge in [0.15, 0.2) is 23.1 Å². The molecule has 0 bridgehead atoms. The maximum Gasteiger partial charge on any atom is 0.172 e. The molecule has 0 radical (unpaired) electrons. The Balaban J connectivity index is 1.67. The highest BCUT2D eigenvalue weighted by Crippen LogP contribution is 2.31. The number of ether oxygens (including phenoxy) is 4. The molecule has 0 aliphatic heterocycles. The summed E-state index contributed by atoms with van der Waals surface area (Å²) in [5.41, 5.74) is 7.15. The summed E-state index contributed by atoms with van der Waals surface area (Å²) in [4.78, 5) is 4.44. The van der Waals surface area contributed by atoms with Crippen molar-refractivity contribution >= 4 is 0 Å². The number of H-pyrrole nitrogens is 1. The van der Waals surface area contributed by atoms with Crippen LogP contribution in [0.4, 0.5) is 0 Å². The topological polar surface area (TPSA) is 105 Å². The van der Waals surface area contributed by atoms with Crippen LogP contribution >= 0.6 is 0 Å². The molecule has 0 amide bonds. The molecule has 0 unspecified atom stereocenters. The van der Waals surface area contributed by atoms with Crippen LogP contribution in [0.2, 0.25) is 0 Å². The zero-order valence-electron chi connectivity index (χ0n) is 16.1. The number of aromatic amines is 1. The van der Waals surface area contributed by atoms with E-state index in [9.17, 15) is 0 Å². The van der Waals surface area contributed by atoms with Gasteiger partial charge in [-0.1, -0.05) is 6.07 Å². The lowest BCUT2D eigenvalue weighted by Gasteiger charge is -2.13. The van der Waals surface area contributed by atoms with Gasteiger partial charge in [-0.2, -0.15) is 5.10 Å². The number of methoxy groups -OCH3 is 2. The fourth-order valence-corrected chi connectivity index (χ4v) is 2.64. The number of nitrogens with one attached hydrogen (secondary N) is 1. The Bertz CT molecular complexity index is 895. The number of nitrogens with zero attached hydrogens (tertiary/aromatic N) is 2. The summed E-state index contributed by atoms with van der Waals surface area (Å²) in [6.45, 7) is 2.69. The highest BCUT2D eigenvalue weighted by molar-refractivity contribution is 5.44. The molecule has 2 aromatic carbocycles. The van der Waals surface area contributed by atoms with Crippen molar-refractivity contribution in [3.05, 3.63) is 59.7 Å². The molecule has 8 heteroatoms. The van der Waals surface area contributed by atoms with Crippen LogP contribution in [0.3, 0.4) is 0 Å². The monoisotopic (exact) mass is 384 g/mol. The third kappa shape index (κ3) is 4.52. The molecule has 3 N–H and O–H groups in total. The van der Waals surface area contributed by atoms with Crippen LogP contribution in [-0.4, -0.2) is 36.0 Å². The molecule has 0 spiro atoms. The second-order valence-corrected chi connectivity index (χ2v) is 5.93. The summed E-state index contributed by atoms with van der Waals surface area (Å²) in [5.74, 6) is 3.82. The van der Waals surface area contributed by atoms with E-state index in [1.54, 1.807) is 14.2 Å². The molecule has 3 rings (SSSR count).